The molecule has 0 radical (unpaired) electrons. The SMILES string of the molecule is C=CCn1c(=NC(=O)c2ccc(Br)cc2)sc2cccc(Cl)c21. The van der Waals surface area contributed by atoms with Crippen molar-refractivity contribution in [1.82, 2.24) is 4.57 Å². The number of aromatic nitrogens is 1. The summed E-state index contributed by atoms with van der Waals surface area (Å²) in [6.07, 6.45) is 1.76. The average Bonchev–Trinajstić information content (AvgIpc) is 2.87. The summed E-state index contributed by atoms with van der Waals surface area (Å²) in [7, 11) is 0. The molecule has 3 rings (SSSR count). The second-order valence-corrected chi connectivity index (χ2v) is 7.13. The minimum Gasteiger partial charge on any atom is -0.311 e. The summed E-state index contributed by atoms with van der Waals surface area (Å²) in [4.78, 5) is 17.3. The molecule has 0 fully saturated rings. The van der Waals surface area contributed by atoms with E-state index in [-0.39, 0.29) is 5.91 Å². The van der Waals surface area contributed by atoms with E-state index in [1.54, 1.807) is 18.2 Å². The first kappa shape index (κ1) is 16.2. The van der Waals surface area contributed by atoms with Gasteiger partial charge >= 0.3 is 0 Å². The molecule has 0 spiro atoms. The number of benzene rings is 2. The van der Waals surface area contributed by atoms with Gasteiger partial charge in [0.25, 0.3) is 5.91 Å². The van der Waals surface area contributed by atoms with Crippen LogP contribution in [0.3, 0.4) is 0 Å². The molecule has 0 N–H and O–H groups in total. The molecule has 0 aliphatic heterocycles. The third kappa shape index (κ3) is 3.32. The molecule has 6 heteroatoms. The summed E-state index contributed by atoms with van der Waals surface area (Å²) in [6, 6.07) is 12.8. The zero-order valence-corrected chi connectivity index (χ0v) is 15.2. The van der Waals surface area contributed by atoms with Gasteiger partial charge in [-0.05, 0) is 36.4 Å². The van der Waals surface area contributed by atoms with E-state index in [1.165, 1.54) is 11.3 Å². The molecule has 3 nitrogen and oxygen atoms in total. The van der Waals surface area contributed by atoms with Gasteiger partial charge in [-0.25, -0.2) is 0 Å². The van der Waals surface area contributed by atoms with Gasteiger partial charge in [0.05, 0.1) is 15.2 Å². The average molecular weight is 408 g/mol. The van der Waals surface area contributed by atoms with E-state index in [2.05, 4.69) is 27.5 Å². The number of nitrogens with zero attached hydrogens (tertiary/aromatic N) is 2. The van der Waals surface area contributed by atoms with Crippen LogP contribution < -0.4 is 4.80 Å². The Kier molecular flexibility index (Phi) is 4.80. The third-order valence-electron chi connectivity index (χ3n) is 3.25. The van der Waals surface area contributed by atoms with Crippen molar-refractivity contribution < 1.29 is 4.79 Å². The Morgan fingerprint density at radius 2 is 2.04 bits per heavy atom. The maximum absolute atomic E-state index is 12.4. The van der Waals surface area contributed by atoms with Crippen LogP contribution in [0.25, 0.3) is 10.2 Å². The van der Waals surface area contributed by atoms with Crippen molar-refractivity contribution in [2.45, 2.75) is 6.54 Å². The Bertz CT molecular complexity index is 957. The van der Waals surface area contributed by atoms with E-state index in [1.807, 2.05) is 34.9 Å². The normalized spacial score (nSPS) is 11.8. The Hall–Kier alpha value is -1.69. The van der Waals surface area contributed by atoms with Gasteiger partial charge in [0.1, 0.15) is 0 Å². The standard InChI is InChI=1S/C17H12BrClN2OS/c1-2-10-21-15-13(19)4-3-5-14(15)23-17(21)20-16(22)11-6-8-12(18)9-7-11/h2-9H,1,10H2. The number of carbonyl (C=O) groups is 1. The van der Waals surface area contributed by atoms with Crippen LogP contribution in [0, 0.1) is 0 Å². The summed E-state index contributed by atoms with van der Waals surface area (Å²) in [5, 5.41) is 0.637. The van der Waals surface area contributed by atoms with Crippen molar-refractivity contribution in [3.63, 3.8) is 0 Å². The topological polar surface area (TPSA) is 34.4 Å². The number of allylic oxidation sites excluding steroid dienone is 1. The number of amides is 1. The highest BCUT2D eigenvalue weighted by Gasteiger charge is 2.10. The van der Waals surface area contributed by atoms with E-state index in [4.69, 9.17) is 11.6 Å². The van der Waals surface area contributed by atoms with Crippen molar-refractivity contribution in [3.8, 4) is 0 Å². The number of rotatable bonds is 3. The van der Waals surface area contributed by atoms with Crippen LogP contribution in [-0.4, -0.2) is 10.5 Å². The number of fused-ring (bicyclic) bond motifs is 1. The van der Waals surface area contributed by atoms with Gasteiger partial charge in [-0.1, -0.05) is 51.0 Å². The molecule has 0 atom stereocenters. The number of carbonyl (C=O) groups excluding carboxylic acids is 1. The largest absolute Gasteiger partial charge is 0.311 e. The van der Waals surface area contributed by atoms with E-state index in [9.17, 15) is 4.79 Å². The van der Waals surface area contributed by atoms with Gasteiger partial charge in [-0.2, -0.15) is 4.99 Å². The quantitative estimate of drug-likeness (QED) is 0.560. The fourth-order valence-corrected chi connectivity index (χ4v) is 3.88. The van der Waals surface area contributed by atoms with E-state index >= 15 is 0 Å². The number of halogens is 2. The summed E-state index contributed by atoms with van der Waals surface area (Å²) in [5.41, 5.74) is 1.42. The highest BCUT2D eigenvalue weighted by Crippen LogP contribution is 2.25. The van der Waals surface area contributed by atoms with Crippen molar-refractivity contribution in [2.24, 2.45) is 4.99 Å². The fraction of sp³-hybridized carbons (Fsp3) is 0.0588. The van der Waals surface area contributed by atoms with E-state index in [0.29, 0.717) is 21.9 Å². The number of thiazole rings is 1. The summed E-state index contributed by atoms with van der Waals surface area (Å²) >= 11 is 11.1. The predicted molar refractivity (Wildman–Crippen MR) is 99.1 cm³/mol. The minimum atomic E-state index is -0.280. The van der Waals surface area contributed by atoms with E-state index in [0.717, 1.165) is 14.7 Å². The lowest BCUT2D eigenvalue weighted by molar-refractivity contribution is 0.0998. The minimum absolute atomic E-state index is 0.280. The Morgan fingerprint density at radius 1 is 1.30 bits per heavy atom. The Labute approximate surface area is 150 Å². The number of hydrogen-bond acceptors (Lipinski definition) is 2. The predicted octanol–water partition coefficient (Wildman–Crippen LogP) is 5.05. The summed E-state index contributed by atoms with van der Waals surface area (Å²) in [6.45, 7) is 4.31. The third-order valence-corrected chi connectivity index (χ3v) is 5.13. The molecule has 0 aliphatic carbocycles. The molecular formula is C17H12BrClN2OS. The molecule has 0 saturated carbocycles. The van der Waals surface area contributed by atoms with Gasteiger partial charge in [0.2, 0.25) is 0 Å². The van der Waals surface area contributed by atoms with Crippen LogP contribution in [0.5, 0.6) is 0 Å². The molecule has 1 aromatic heterocycles. The molecule has 2 aromatic carbocycles. The molecule has 3 aromatic rings. The van der Waals surface area contributed by atoms with Gasteiger partial charge in [0.15, 0.2) is 4.80 Å². The number of para-hydroxylation sites is 1. The lowest BCUT2D eigenvalue weighted by Crippen LogP contribution is -2.16. The smallest absolute Gasteiger partial charge is 0.279 e. The van der Waals surface area contributed by atoms with Crippen molar-refractivity contribution in [3.05, 3.63) is 75.0 Å². The first-order valence-corrected chi connectivity index (χ1v) is 8.82. The molecule has 23 heavy (non-hydrogen) atoms. The molecule has 116 valence electrons. The van der Waals surface area contributed by atoms with Crippen LogP contribution >= 0.6 is 38.9 Å². The van der Waals surface area contributed by atoms with Crippen LogP contribution in [0.15, 0.2) is 64.6 Å². The molecule has 1 amide bonds. The second-order valence-electron chi connectivity index (χ2n) is 4.79. The Morgan fingerprint density at radius 3 is 2.74 bits per heavy atom. The summed E-state index contributed by atoms with van der Waals surface area (Å²) in [5.74, 6) is -0.280. The van der Waals surface area contributed by atoms with Crippen LogP contribution in [0.1, 0.15) is 10.4 Å². The lowest BCUT2D eigenvalue weighted by atomic mass is 10.2. The maximum atomic E-state index is 12.4. The van der Waals surface area contributed by atoms with Gasteiger partial charge in [0, 0.05) is 16.6 Å². The summed E-state index contributed by atoms with van der Waals surface area (Å²) < 4.78 is 3.82. The maximum Gasteiger partial charge on any atom is 0.279 e. The van der Waals surface area contributed by atoms with Crippen molar-refractivity contribution in [2.75, 3.05) is 0 Å². The fourth-order valence-electron chi connectivity index (χ4n) is 2.21. The molecule has 0 saturated heterocycles. The monoisotopic (exact) mass is 406 g/mol. The van der Waals surface area contributed by atoms with Crippen LogP contribution in [0.2, 0.25) is 5.02 Å². The van der Waals surface area contributed by atoms with E-state index < -0.39 is 0 Å². The Balaban J connectivity index is 2.16. The second kappa shape index (κ2) is 6.83. The van der Waals surface area contributed by atoms with Gasteiger partial charge in [-0.15, -0.1) is 6.58 Å². The first-order chi connectivity index (χ1) is 11.1. The highest BCUT2D eigenvalue weighted by molar-refractivity contribution is 9.10. The number of hydrogen-bond donors (Lipinski definition) is 0. The van der Waals surface area contributed by atoms with Crippen molar-refractivity contribution in [1.29, 1.82) is 0 Å². The zero-order chi connectivity index (χ0) is 16.4. The van der Waals surface area contributed by atoms with Gasteiger partial charge in [-0.3, -0.25) is 4.79 Å². The van der Waals surface area contributed by atoms with Crippen LogP contribution in [0.4, 0.5) is 0 Å². The molecule has 1 heterocycles. The molecule has 0 aliphatic rings. The van der Waals surface area contributed by atoms with Crippen molar-refractivity contribution >= 4 is 55.0 Å². The highest BCUT2D eigenvalue weighted by atomic mass is 79.9. The first-order valence-electron chi connectivity index (χ1n) is 6.83. The zero-order valence-electron chi connectivity index (χ0n) is 12.0. The molecular weight excluding hydrogens is 396 g/mol. The molecule has 0 unspecified atom stereocenters. The lowest BCUT2D eigenvalue weighted by Gasteiger charge is -2.02. The van der Waals surface area contributed by atoms with Gasteiger partial charge < -0.3 is 4.57 Å². The molecule has 0 bridgehead atoms. The van der Waals surface area contributed by atoms with Crippen LogP contribution in [-0.2, 0) is 6.54 Å².